The highest BCUT2D eigenvalue weighted by atomic mass is 16.5. The van der Waals surface area contributed by atoms with Gasteiger partial charge in [0.2, 0.25) is 17.7 Å². The van der Waals surface area contributed by atoms with Gasteiger partial charge in [0.15, 0.2) is 23.1 Å². The van der Waals surface area contributed by atoms with E-state index in [1.807, 2.05) is 64.1 Å². The lowest BCUT2D eigenvalue weighted by atomic mass is 9.91. The molecule has 4 atom stereocenters. The second-order valence-corrected chi connectivity index (χ2v) is 20.6. The number of Topliss-reactive ketones (excluding diaryl/α,β-unsaturated/α-hetero) is 2. The van der Waals surface area contributed by atoms with Gasteiger partial charge in [-0.3, -0.25) is 43.8 Å². The fourth-order valence-corrected chi connectivity index (χ4v) is 10.3. The zero-order valence-electron chi connectivity index (χ0n) is 47.8. The van der Waals surface area contributed by atoms with Gasteiger partial charge in [-0.25, -0.2) is 4.79 Å². The maximum absolute atomic E-state index is 14.3. The molecule has 3 aliphatic rings. The molecular formula is C63H79N3O14. The Labute approximate surface area is 470 Å². The van der Waals surface area contributed by atoms with Crippen LogP contribution in [0.4, 0.5) is 0 Å². The van der Waals surface area contributed by atoms with Gasteiger partial charge < -0.3 is 33.3 Å². The van der Waals surface area contributed by atoms with E-state index in [9.17, 15) is 38.4 Å². The maximum atomic E-state index is 14.3. The first-order valence-corrected chi connectivity index (χ1v) is 28.1. The summed E-state index contributed by atoms with van der Waals surface area (Å²) in [6.45, 7) is 13.6. The van der Waals surface area contributed by atoms with E-state index in [2.05, 4.69) is 37.4 Å². The standard InChI is InChI=1S/C44H59NO8.C19H20N2O6/c1-8-38(35-26-32(5)42(50-7)41(28-35)49-6)43(47)45-23-12-10-18-39(45)44(48)53-40(22-21-33-20-19-30(3)31(4)25-33)34-15-14-17-37(27-34)52-29-36(46)16-11-13-24-51-9-2;1-2-3-5-11(22)10-27-14-7-4-6-12-16(14)19(26)21(18(12)25)13-8-9-15(23)20-17(13)24/h14-15,17,19-20,25-28,38-40H,8-13,16,18,21-24,29H2,1-7H3;4,6-7,13H,2-3,5,8-10H2,1H3,(H,20,23,24)/t38-,39-,40?;/m0./s1. The molecule has 0 bridgehead atoms. The number of amides is 5. The van der Waals surface area contributed by atoms with E-state index in [1.54, 1.807) is 25.2 Å². The van der Waals surface area contributed by atoms with Gasteiger partial charge >= 0.3 is 5.97 Å². The van der Waals surface area contributed by atoms with Crippen molar-refractivity contribution in [1.29, 1.82) is 0 Å². The summed E-state index contributed by atoms with van der Waals surface area (Å²) in [6.07, 6.45) is 7.59. The van der Waals surface area contributed by atoms with E-state index in [4.69, 9.17) is 28.4 Å². The number of methoxy groups -OCH3 is 2. The number of nitrogens with zero attached hydrogens (tertiary/aromatic N) is 2. The van der Waals surface area contributed by atoms with Crippen LogP contribution in [0.5, 0.6) is 23.0 Å². The monoisotopic (exact) mass is 1100 g/mol. The Kier molecular flexibility index (Phi) is 23.4. The lowest BCUT2D eigenvalue weighted by Crippen LogP contribution is -2.54. The van der Waals surface area contributed by atoms with Crippen molar-refractivity contribution in [2.75, 3.05) is 47.2 Å². The summed E-state index contributed by atoms with van der Waals surface area (Å²) >= 11 is 0. The molecule has 0 radical (unpaired) electrons. The lowest BCUT2D eigenvalue weighted by Gasteiger charge is -2.37. The third-order valence-corrected chi connectivity index (χ3v) is 14.8. The minimum atomic E-state index is -1.03. The number of piperidine rings is 2. The summed E-state index contributed by atoms with van der Waals surface area (Å²) < 4.78 is 34.3. The minimum Gasteiger partial charge on any atom is -0.493 e. The average Bonchev–Trinajstić information content (AvgIpc) is 3.88. The highest BCUT2D eigenvalue weighted by molar-refractivity contribution is 6.24. The number of nitrogens with one attached hydrogen (secondary N) is 1. The molecule has 17 heteroatoms. The quantitative estimate of drug-likeness (QED) is 0.0335. The van der Waals surface area contributed by atoms with Gasteiger partial charge in [-0.1, -0.05) is 62.7 Å². The van der Waals surface area contributed by atoms with Crippen LogP contribution in [-0.2, 0) is 44.7 Å². The van der Waals surface area contributed by atoms with Crippen molar-refractivity contribution in [2.24, 2.45) is 0 Å². The molecule has 2 unspecified atom stereocenters. The SMILES string of the molecule is CCCCC(=O)COc1cccc2c1C(=O)N(C1CCC(=O)NC1=O)C2=O.CCOCCCCC(=O)COc1cccc(C(CCc2ccc(C)c(C)c2)OC(=O)[C@@H]2CCCCN2C(=O)[C@@H](CC)c2cc(C)c(OC)c(OC)c2)c1. The topological polar surface area (TPSA) is 210 Å². The number of hydrogen-bond donors (Lipinski definition) is 1. The molecule has 3 heterocycles. The van der Waals surface area contributed by atoms with E-state index in [-0.39, 0.29) is 60.4 Å². The van der Waals surface area contributed by atoms with Crippen LogP contribution in [0.3, 0.4) is 0 Å². The van der Waals surface area contributed by atoms with E-state index in [1.165, 1.54) is 23.3 Å². The molecule has 2 saturated heterocycles. The van der Waals surface area contributed by atoms with Crippen LogP contribution in [0.2, 0.25) is 0 Å². The van der Waals surface area contributed by atoms with Gasteiger partial charge in [0.05, 0.1) is 31.3 Å². The summed E-state index contributed by atoms with van der Waals surface area (Å²) in [5.41, 5.74) is 6.26. The van der Waals surface area contributed by atoms with Gasteiger partial charge in [0, 0.05) is 39.0 Å². The molecule has 80 heavy (non-hydrogen) atoms. The van der Waals surface area contributed by atoms with Crippen LogP contribution in [0.1, 0.15) is 170 Å². The number of hydrogen-bond acceptors (Lipinski definition) is 14. The van der Waals surface area contributed by atoms with Gasteiger partial charge in [-0.05, 0) is 156 Å². The van der Waals surface area contributed by atoms with E-state index >= 15 is 0 Å². The molecule has 0 aliphatic carbocycles. The average molecular weight is 1100 g/mol. The minimum absolute atomic E-state index is 0.0253. The molecular weight excluding hydrogens is 1020 g/mol. The highest BCUT2D eigenvalue weighted by Crippen LogP contribution is 2.38. The summed E-state index contributed by atoms with van der Waals surface area (Å²) in [7, 11) is 3.19. The third kappa shape index (κ3) is 16.1. The number of ether oxygens (including phenoxy) is 6. The Morgan fingerprint density at radius 2 is 1.48 bits per heavy atom. The van der Waals surface area contributed by atoms with Crippen molar-refractivity contribution in [1.82, 2.24) is 15.1 Å². The van der Waals surface area contributed by atoms with Gasteiger partial charge in [0.25, 0.3) is 11.8 Å². The number of unbranched alkanes of at least 4 members (excludes halogenated alkanes) is 2. The first-order chi connectivity index (χ1) is 38.5. The molecule has 0 aromatic heterocycles. The Morgan fingerprint density at radius 1 is 0.725 bits per heavy atom. The van der Waals surface area contributed by atoms with Crippen LogP contribution in [-0.4, -0.2) is 116 Å². The van der Waals surface area contributed by atoms with Crippen molar-refractivity contribution in [2.45, 2.75) is 156 Å². The molecule has 430 valence electrons. The van der Waals surface area contributed by atoms with Crippen LogP contribution in [0.15, 0.2) is 72.8 Å². The maximum Gasteiger partial charge on any atom is 0.329 e. The normalized spacial score (nSPS) is 16.6. The van der Waals surface area contributed by atoms with Crippen LogP contribution >= 0.6 is 0 Å². The van der Waals surface area contributed by atoms with Crippen LogP contribution in [0.25, 0.3) is 0 Å². The third-order valence-electron chi connectivity index (χ3n) is 14.8. The van der Waals surface area contributed by atoms with E-state index < -0.39 is 53.7 Å². The molecule has 17 nitrogen and oxygen atoms in total. The fourth-order valence-electron chi connectivity index (χ4n) is 10.3. The number of imide groups is 2. The summed E-state index contributed by atoms with van der Waals surface area (Å²) in [5, 5.41) is 2.15. The second-order valence-electron chi connectivity index (χ2n) is 20.6. The predicted molar refractivity (Wildman–Crippen MR) is 300 cm³/mol. The second kappa shape index (κ2) is 30.3. The van der Waals surface area contributed by atoms with Crippen molar-refractivity contribution in [3.05, 3.63) is 117 Å². The Morgan fingerprint density at radius 3 is 2.17 bits per heavy atom. The zero-order valence-corrected chi connectivity index (χ0v) is 47.8. The van der Waals surface area contributed by atoms with Gasteiger partial charge in [-0.15, -0.1) is 0 Å². The Hall–Kier alpha value is -7.40. The summed E-state index contributed by atoms with van der Waals surface area (Å²) in [6, 6.07) is 20.5. The molecule has 3 aliphatic heterocycles. The first kappa shape index (κ1) is 61.8. The smallest absolute Gasteiger partial charge is 0.329 e. The summed E-state index contributed by atoms with van der Waals surface area (Å²) in [4.78, 5) is 104. The molecule has 7 rings (SSSR count). The first-order valence-electron chi connectivity index (χ1n) is 28.1. The van der Waals surface area contributed by atoms with Crippen molar-refractivity contribution in [3.63, 3.8) is 0 Å². The fraction of sp³-hybridized carbons (Fsp3) is 0.492. The van der Waals surface area contributed by atoms with Crippen molar-refractivity contribution < 1.29 is 66.8 Å². The Bertz CT molecular complexity index is 2860. The number of benzene rings is 4. The van der Waals surface area contributed by atoms with Gasteiger partial charge in [-0.2, -0.15) is 0 Å². The summed E-state index contributed by atoms with van der Waals surface area (Å²) in [5.74, 6) is -1.47. The molecule has 1 N–H and O–H groups in total. The number of carbonyl (C=O) groups is 8. The van der Waals surface area contributed by atoms with Gasteiger partial charge in [0.1, 0.15) is 42.9 Å². The van der Waals surface area contributed by atoms with Crippen molar-refractivity contribution in [3.8, 4) is 23.0 Å². The van der Waals surface area contributed by atoms with Crippen molar-refractivity contribution >= 4 is 47.1 Å². The number of carbonyl (C=O) groups excluding carboxylic acids is 8. The molecule has 4 aromatic carbocycles. The number of rotatable bonds is 27. The van der Waals surface area contributed by atoms with E-state index in [0.29, 0.717) is 75.5 Å². The highest BCUT2D eigenvalue weighted by Gasteiger charge is 2.46. The largest absolute Gasteiger partial charge is 0.493 e. The lowest BCUT2D eigenvalue weighted by molar-refractivity contribution is -0.162. The Balaban J connectivity index is 0.000000318. The molecule has 2 fully saturated rings. The molecule has 5 amide bonds. The number of fused-ring (bicyclic) bond motifs is 1. The van der Waals surface area contributed by atoms with E-state index in [0.717, 1.165) is 65.7 Å². The number of likely N-dealkylation sites (tertiary alicyclic amines) is 1. The predicted octanol–water partition coefficient (Wildman–Crippen LogP) is 9.80. The van der Waals surface area contributed by atoms with Crippen LogP contribution in [0, 0.1) is 20.8 Å². The number of aryl methyl sites for hydroxylation is 4. The number of ketones is 2. The number of esters is 1. The molecule has 4 aromatic rings. The zero-order chi connectivity index (χ0) is 57.9. The molecule has 0 spiro atoms. The van der Waals surface area contributed by atoms with Crippen LogP contribution < -0.4 is 24.3 Å². The molecule has 0 saturated carbocycles.